The number of hydrogen-bond donors (Lipinski definition) is 0. The lowest BCUT2D eigenvalue weighted by Crippen LogP contribution is -2.45. The summed E-state index contributed by atoms with van der Waals surface area (Å²) in [4.78, 5) is 29.6. The third kappa shape index (κ3) is 5.33. The minimum absolute atomic E-state index is 0.0681. The van der Waals surface area contributed by atoms with Crippen LogP contribution in [0.3, 0.4) is 0 Å². The first-order chi connectivity index (χ1) is 14.8. The van der Waals surface area contributed by atoms with E-state index in [0.29, 0.717) is 31.6 Å². The first kappa shape index (κ1) is 22.0. The molecule has 3 aliphatic rings. The fraction of sp³-hybridized carbons (Fsp3) is 0.591. The molecule has 3 heterocycles. The normalized spacial score (nSPS) is 24.7. The van der Waals surface area contributed by atoms with Crippen LogP contribution in [0.15, 0.2) is 29.4 Å². The average molecular weight is 447 g/mol. The molecule has 0 radical (unpaired) electrons. The van der Waals surface area contributed by atoms with Gasteiger partial charge in [-0.3, -0.25) is 14.5 Å². The number of hydrazone groups is 1. The zero-order valence-corrected chi connectivity index (χ0v) is 18.8. The Bertz CT molecular complexity index is 974. The average Bonchev–Trinajstić information content (AvgIpc) is 2.95. The van der Waals surface area contributed by atoms with Crippen molar-refractivity contribution >= 4 is 27.4 Å². The van der Waals surface area contributed by atoms with Crippen LogP contribution in [0.2, 0.25) is 0 Å². The van der Waals surface area contributed by atoms with Gasteiger partial charge in [0.15, 0.2) is 9.84 Å². The van der Waals surface area contributed by atoms with Crippen LogP contribution in [-0.4, -0.2) is 84.5 Å². The number of aryl methyl sites for hydroxylation is 1. The monoisotopic (exact) mass is 446 g/mol. The predicted molar refractivity (Wildman–Crippen MR) is 118 cm³/mol. The Balaban J connectivity index is 1.39. The second-order valence-electron chi connectivity index (χ2n) is 8.75. The molecule has 0 aromatic heterocycles. The lowest BCUT2D eigenvalue weighted by Gasteiger charge is -2.29. The quantitative estimate of drug-likeness (QED) is 0.693. The van der Waals surface area contributed by atoms with Crippen LogP contribution >= 0.6 is 0 Å². The van der Waals surface area contributed by atoms with E-state index in [-0.39, 0.29) is 29.7 Å². The zero-order valence-electron chi connectivity index (χ0n) is 18.0. The van der Waals surface area contributed by atoms with Gasteiger partial charge in [0.2, 0.25) is 5.91 Å². The molecular weight excluding hydrogens is 416 g/mol. The molecule has 3 aliphatic heterocycles. The Hall–Kier alpha value is -2.26. The summed E-state index contributed by atoms with van der Waals surface area (Å²) >= 11 is 0. The molecule has 8 nitrogen and oxygen atoms in total. The van der Waals surface area contributed by atoms with Gasteiger partial charge in [0.1, 0.15) is 5.71 Å². The van der Waals surface area contributed by atoms with Gasteiger partial charge in [-0.1, -0.05) is 29.8 Å². The molecule has 1 aromatic carbocycles. The molecule has 1 unspecified atom stereocenters. The zero-order chi connectivity index (χ0) is 22.0. The summed E-state index contributed by atoms with van der Waals surface area (Å²) in [6.07, 6.45) is 1.79. The van der Waals surface area contributed by atoms with E-state index < -0.39 is 15.9 Å². The Morgan fingerprint density at radius 1 is 1.10 bits per heavy atom. The third-order valence-electron chi connectivity index (χ3n) is 6.26. The van der Waals surface area contributed by atoms with Crippen molar-refractivity contribution in [3.05, 3.63) is 35.4 Å². The Morgan fingerprint density at radius 3 is 2.58 bits per heavy atom. The molecule has 2 saturated heterocycles. The molecule has 168 valence electrons. The molecule has 0 aliphatic carbocycles. The van der Waals surface area contributed by atoms with Gasteiger partial charge in [-0.25, -0.2) is 13.4 Å². The lowest BCUT2D eigenvalue weighted by atomic mass is 10.1. The molecule has 2 amide bonds. The van der Waals surface area contributed by atoms with Gasteiger partial charge in [0, 0.05) is 45.6 Å². The largest absolute Gasteiger partial charge is 0.336 e. The van der Waals surface area contributed by atoms with E-state index in [9.17, 15) is 18.0 Å². The van der Waals surface area contributed by atoms with Gasteiger partial charge in [0.05, 0.1) is 17.5 Å². The Kier molecular flexibility index (Phi) is 6.43. The highest BCUT2D eigenvalue weighted by Gasteiger charge is 2.38. The number of carbonyl (C=O) groups is 2. The second-order valence-corrected chi connectivity index (χ2v) is 11.0. The number of amides is 2. The molecule has 31 heavy (non-hydrogen) atoms. The number of hydrogen-bond acceptors (Lipinski definition) is 6. The third-order valence-corrected chi connectivity index (χ3v) is 8.01. The summed E-state index contributed by atoms with van der Waals surface area (Å²) in [7, 11) is -3.13. The van der Waals surface area contributed by atoms with Crippen molar-refractivity contribution in [3.63, 3.8) is 0 Å². The van der Waals surface area contributed by atoms with Crippen molar-refractivity contribution in [2.24, 2.45) is 5.10 Å². The predicted octanol–water partition coefficient (Wildman–Crippen LogP) is 1.19. The van der Waals surface area contributed by atoms with Crippen LogP contribution < -0.4 is 0 Å². The maximum atomic E-state index is 13.1. The molecule has 0 saturated carbocycles. The topological polar surface area (TPSA) is 90.4 Å². The highest BCUT2D eigenvalue weighted by molar-refractivity contribution is 7.91. The van der Waals surface area contributed by atoms with Crippen molar-refractivity contribution in [3.8, 4) is 0 Å². The van der Waals surface area contributed by atoms with E-state index in [1.807, 2.05) is 4.90 Å². The molecule has 0 N–H and O–H groups in total. The molecule has 1 aromatic rings. The van der Waals surface area contributed by atoms with E-state index in [0.717, 1.165) is 26.1 Å². The summed E-state index contributed by atoms with van der Waals surface area (Å²) in [5.74, 6) is -0.320. The highest BCUT2D eigenvalue weighted by Crippen LogP contribution is 2.23. The maximum absolute atomic E-state index is 13.1. The van der Waals surface area contributed by atoms with Crippen molar-refractivity contribution in [2.45, 2.75) is 45.2 Å². The van der Waals surface area contributed by atoms with Crippen molar-refractivity contribution in [2.75, 3.05) is 37.7 Å². The molecule has 1 atom stereocenters. The summed E-state index contributed by atoms with van der Waals surface area (Å²) in [6.45, 7) is 5.93. The van der Waals surface area contributed by atoms with Crippen LogP contribution in [0.25, 0.3) is 0 Å². The molecule has 0 spiro atoms. The van der Waals surface area contributed by atoms with Crippen LogP contribution in [0.4, 0.5) is 0 Å². The fourth-order valence-corrected chi connectivity index (χ4v) is 6.14. The summed E-state index contributed by atoms with van der Waals surface area (Å²) in [5.41, 5.74) is 2.88. The van der Waals surface area contributed by atoms with Gasteiger partial charge in [-0.15, -0.1) is 0 Å². The van der Waals surface area contributed by atoms with Crippen molar-refractivity contribution < 1.29 is 18.0 Å². The Labute approximate surface area is 183 Å². The van der Waals surface area contributed by atoms with Crippen LogP contribution in [0.1, 0.15) is 36.8 Å². The van der Waals surface area contributed by atoms with Crippen molar-refractivity contribution in [1.29, 1.82) is 0 Å². The number of carbonyl (C=O) groups excluding carboxylic acids is 2. The number of benzene rings is 1. The standard InChI is InChI=1S/C22H30N4O4S/c1-17-3-5-18(6-4-17)15-24-10-2-11-25(13-12-24)22(28)20-7-8-21(27)26(23-20)19-9-14-31(29,30)16-19/h3-6,19H,2,7-16H2,1H3. The number of rotatable bonds is 4. The van der Waals surface area contributed by atoms with E-state index in [1.165, 1.54) is 16.1 Å². The molecule has 0 bridgehead atoms. The van der Waals surface area contributed by atoms with Crippen LogP contribution in [0.5, 0.6) is 0 Å². The maximum Gasteiger partial charge on any atom is 0.270 e. The molecule has 4 rings (SSSR count). The minimum Gasteiger partial charge on any atom is -0.336 e. The van der Waals surface area contributed by atoms with Gasteiger partial charge >= 0.3 is 0 Å². The summed E-state index contributed by atoms with van der Waals surface area (Å²) < 4.78 is 23.6. The minimum atomic E-state index is -3.13. The van der Waals surface area contributed by atoms with Gasteiger partial charge in [0.25, 0.3) is 5.91 Å². The molecular formula is C22H30N4O4S. The van der Waals surface area contributed by atoms with Gasteiger partial charge in [-0.2, -0.15) is 5.10 Å². The van der Waals surface area contributed by atoms with Crippen LogP contribution in [-0.2, 0) is 26.0 Å². The van der Waals surface area contributed by atoms with Gasteiger partial charge < -0.3 is 4.90 Å². The van der Waals surface area contributed by atoms with E-state index >= 15 is 0 Å². The molecule has 9 heteroatoms. The first-order valence-corrected chi connectivity index (χ1v) is 12.8. The van der Waals surface area contributed by atoms with E-state index in [1.54, 1.807) is 0 Å². The summed E-state index contributed by atoms with van der Waals surface area (Å²) in [6, 6.07) is 8.08. The SMILES string of the molecule is Cc1ccc(CN2CCCN(C(=O)C3=NN(C4CCS(=O)(=O)C4)C(=O)CC3)CC2)cc1. The number of sulfone groups is 1. The van der Waals surface area contributed by atoms with E-state index in [2.05, 4.69) is 41.2 Å². The smallest absolute Gasteiger partial charge is 0.270 e. The Morgan fingerprint density at radius 2 is 1.87 bits per heavy atom. The number of nitrogens with zero attached hydrogens (tertiary/aromatic N) is 4. The summed E-state index contributed by atoms with van der Waals surface area (Å²) in [5, 5.41) is 5.61. The second kappa shape index (κ2) is 9.08. The first-order valence-electron chi connectivity index (χ1n) is 11.0. The molecule has 2 fully saturated rings. The lowest BCUT2D eigenvalue weighted by molar-refractivity contribution is -0.134. The van der Waals surface area contributed by atoms with Gasteiger partial charge in [-0.05, 0) is 25.3 Å². The van der Waals surface area contributed by atoms with E-state index in [4.69, 9.17) is 0 Å². The highest BCUT2D eigenvalue weighted by atomic mass is 32.2. The van der Waals surface area contributed by atoms with Crippen molar-refractivity contribution in [1.82, 2.24) is 14.8 Å². The fourth-order valence-electron chi connectivity index (χ4n) is 4.45. The van der Waals surface area contributed by atoms with Crippen LogP contribution in [0, 0.1) is 6.92 Å².